The summed E-state index contributed by atoms with van der Waals surface area (Å²) in [6.45, 7) is 7.10. The molecule has 0 aliphatic carbocycles. The topological polar surface area (TPSA) is 79.2 Å². The fourth-order valence-corrected chi connectivity index (χ4v) is 3.87. The zero-order valence-corrected chi connectivity index (χ0v) is 18.0. The lowest BCUT2D eigenvalue weighted by Gasteiger charge is -2.12. The number of carbonyl (C=O) groups is 2. The van der Waals surface area contributed by atoms with Crippen molar-refractivity contribution in [3.63, 3.8) is 0 Å². The van der Waals surface area contributed by atoms with Crippen LogP contribution < -0.4 is 4.74 Å². The predicted molar refractivity (Wildman–Crippen MR) is 120 cm³/mol. The highest BCUT2D eigenvalue weighted by molar-refractivity contribution is 8.18. The Bertz CT molecular complexity index is 1010. The molecule has 1 heterocycles. The van der Waals surface area contributed by atoms with Crippen LogP contribution in [-0.4, -0.2) is 40.2 Å². The second-order valence-corrected chi connectivity index (χ2v) is 8.16. The van der Waals surface area contributed by atoms with Crippen molar-refractivity contribution in [1.29, 1.82) is 0 Å². The molecule has 1 N–H and O–H groups in total. The molecule has 30 heavy (non-hydrogen) atoms. The van der Waals surface area contributed by atoms with E-state index in [0.717, 1.165) is 11.3 Å². The van der Waals surface area contributed by atoms with Crippen LogP contribution >= 0.6 is 11.8 Å². The Morgan fingerprint density at radius 3 is 2.70 bits per heavy atom. The molecule has 1 aliphatic heterocycles. The minimum atomic E-state index is -1.02. The van der Waals surface area contributed by atoms with Gasteiger partial charge in [0, 0.05) is 12.1 Å². The van der Waals surface area contributed by atoms with E-state index in [1.165, 1.54) is 23.9 Å². The van der Waals surface area contributed by atoms with Crippen LogP contribution in [0.25, 0.3) is 6.08 Å². The van der Waals surface area contributed by atoms with Crippen molar-refractivity contribution in [2.24, 2.45) is 10.9 Å². The van der Waals surface area contributed by atoms with Gasteiger partial charge in [0.1, 0.15) is 5.75 Å². The molecule has 0 saturated carbocycles. The van der Waals surface area contributed by atoms with Crippen molar-refractivity contribution in [1.82, 2.24) is 4.90 Å². The number of para-hydroxylation sites is 1. The average Bonchev–Trinajstić information content (AvgIpc) is 3.01. The van der Waals surface area contributed by atoms with Crippen molar-refractivity contribution in [3.05, 3.63) is 64.6 Å². The molecular formula is C23H24N2O4S. The first-order valence-corrected chi connectivity index (χ1v) is 10.6. The van der Waals surface area contributed by atoms with E-state index in [1.807, 2.05) is 37.3 Å². The normalized spacial score (nSPS) is 16.7. The zero-order chi connectivity index (χ0) is 21.7. The number of nitrogens with zero attached hydrogens (tertiary/aromatic N) is 2. The lowest BCUT2D eigenvalue weighted by Crippen LogP contribution is -2.28. The van der Waals surface area contributed by atoms with E-state index in [4.69, 9.17) is 4.74 Å². The van der Waals surface area contributed by atoms with Crippen LogP contribution in [0.3, 0.4) is 0 Å². The van der Waals surface area contributed by atoms with Gasteiger partial charge in [-0.15, -0.1) is 0 Å². The van der Waals surface area contributed by atoms with Gasteiger partial charge in [0.15, 0.2) is 5.17 Å². The molecule has 0 bridgehead atoms. The number of hydrogen-bond acceptors (Lipinski definition) is 5. The molecular weight excluding hydrogens is 400 g/mol. The summed E-state index contributed by atoms with van der Waals surface area (Å²) in [7, 11) is 0. The number of carboxylic acids is 1. The third-order valence-electron chi connectivity index (χ3n) is 4.30. The number of ether oxygens (including phenoxy) is 1. The molecule has 2 aromatic carbocycles. The molecule has 0 atom stereocenters. The van der Waals surface area contributed by atoms with Crippen molar-refractivity contribution < 1.29 is 19.4 Å². The minimum Gasteiger partial charge on any atom is -0.493 e. The van der Waals surface area contributed by atoms with Crippen molar-refractivity contribution in [3.8, 4) is 5.75 Å². The van der Waals surface area contributed by atoms with Crippen molar-refractivity contribution in [2.75, 3.05) is 13.2 Å². The molecule has 6 nitrogen and oxygen atoms in total. The Hall–Kier alpha value is -3.06. The van der Waals surface area contributed by atoms with Crippen LogP contribution in [0.1, 0.15) is 36.7 Å². The van der Waals surface area contributed by atoms with E-state index in [0.29, 0.717) is 34.8 Å². The van der Waals surface area contributed by atoms with Crippen LogP contribution in [0.5, 0.6) is 5.75 Å². The first-order chi connectivity index (χ1) is 14.4. The molecule has 0 aromatic heterocycles. The van der Waals surface area contributed by atoms with Crippen LogP contribution in [0, 0.1) is 5.92 Å². The van der Waals surface area contributed by atoms with E-state index in [-0.39, 0.29) is 11.5 Å². The predicted octanol–water partition coefficient (Wildman–Crippen LogP) is 5.04. The number of likely N-dealkylation sites (N-methyl/N-ethyl adjacent to an activating group) is 1. The van der Waals surface area contributed by atoms with Crippen molar-refractivity contribution in [2.45, 2.75) is 20.8 Å². The molecule has 0 unspecified atom stereocenters. The van der Waals surface area contributed by atoms with Gasteiger partial charge in [0.25, 0.3) is 5.91 Å². The SMILES string of the molecule is CCN1C(=O)/C(=C\c2ccccc2OCC(C)C)SC1=Nc1cccc(C(=O)O)c1. The van der Waals surface area contributed by atoms with Crippen LogP contribution in [-0.2, 0) is 4.79 Å². The van der Waals surface area contributed by atoms with Gasteiger partial charge in [-0.3, -0.25) is 9.69 Å². The fraction of sp³-hybridized carbons (Fsp3) is 0.261. The average molecular weight is 425 g/mol. The number of hydrogen-bond donors (Lipinski definition) is 1. The van der Waals surface area contributed by atoms with Crippen LogP contribution in [0.4, 0.5) is 5.69 Å². The standard InChI is InChI=1S/C23H24N2O4S/c1-4-25-21(26)20(13-16-8-5-6-11-19(16)29-14-15(2)3)30-23(25)24-18-10-7-9-17(12-18)22(27)28/h5-13,15H,4,14H2,1-3H3,(H,27,28)/b20-13+,24-23?. The van der Waals surface area contributed by atoms with Gasteiger partial charge < -0.3 is 9.84 Å². The smallest absolute Gasteiger partial charge is 0.335 e. The Morgan fingerprint density at radius 1 is 1.23 bits per heavy atom. The number of rotatable bonds is 7. The molecule has 0 radical (unpaired) electrons. The molecule has 7 heteroatoms. The lowest BCUT2D eigenvalue weighted by molar-refractivity contribution is -0.122. The highest BCUT2D eigenvalue weighted by Gasteiger charge is 2.32. The summed E-state index contributed by atoms with van der Waals surface area (Å²) in [6, 6.07) is 14.0. The molecule has 2 aromatic rings. The summed E-state index contributed by atoms with van der Waals surface area (Å²) < 4.78 is 5.89. The summed E-state index contributed by atoms with van der Waals surface area (Å²) in [6.07, 6.45) is 1.82. The molecule has 1 saturated heterocycles. The Labute approximate surface area is 180 Å². The quantitative estimate of drug-likeness (QED) is 0.630. The summed E-state index contributed by atoms with van der Waals surface area (Å²) >= 11 is 1.27. The molecule has 3 rings (SSSR count). The highest BCUT2D eigenvalue weighted by Crippen LogP contribution is 2.35. The number of aromatic carboxylic acids is 1. The highest BCUT2D eigenvalue weighted by atomic mass is 32.2. The van der Waals surface area contributed by atoms with Gasteiger partial charge in [-0.25, -0.2) is 9.79 Å². The largest absolute Gasteiger partial charge is 0.493 e. The summed E-state index contributed by atoms with van der Waals surface area (Å²) in [5.74, 6) is -0.0220. The van der Waals surface area contributed by atoms with Gasteiger partial charge in [0.2, 0.25) is 0 Å². The van der Waals surface area contributed by atoms with Gasteiger partial charge >= 0.3 is 5.97 Å². The molecule has 1 fully saturated rings. The number of carboxylic acid groups (broad SMARTS) is 1. The minimum absolute atomic E-state index is 0.130. The third kappa shape index (κ3) is 5.10. The number of thioether (sulfide) groups is 1. The maximum atomic E-state index is 12.9. The van der Waals surface area contributed by atoms with E-state index in [9.17, 15) is 14.7 Å². The van der Waals surface area contributed by atoms with Crippen LogP contribution in [0.2, 0.25) is 0 Å². The van der Waals surface area contributed by atoms with Gasteiger partial charge in [-0.1, -0.05) is 38.1 Å². The van der Waals surface area contributed by atoms with Crippen LogP contribution in [0.15, 0.2) is 58.4 Å². The number of amides is 1. The van der Waals surface area contributed by atoms with E-state index >= 15 is 0 Å². The number of aliphatic imine (C=N–C) groups is 1. The molecule has 1 amide bonds. The summed E-state index contributed by atoms with van der Waals surface area (Å²) in [5.41, 5.74) is 1.48. The fourth-order valence-electron chi connectivity index (χ4n) is 2.82. The van der Waals surface area contributed by atoms with Gasteiger partial charge in [-0.2, -0.15) is 0 Å². The van der Waals surface area contributed by atoms with E-state index in [1.54, 1.807) is 17.0 Å². The third-order valence-corrected chi connectivity index (χ3v) is 5.31. The molecule has 0 spiro atoms. The maximum Gasteiger partial charge on any atom is 0.335 e. The van der Waals surface area contributed by atoms with Gasteiger partial charge in [-0.05, 0) is 54.9 Å². The first kappa shape index (κ1) is 21.6. The maximum absolute atomic E-state index is 12.9. The Morgan fingerprint density at radius 2 is 2.00 bits per heavy atom. The van der Waals surface area contributed by atoms with E-state index < -0.39 is 5.97 Å². The number of carbonyl (C=O) groups excluding carboxylic acids is 1. The molecule has 1 aliphatic rings. The number of benzene rings is 2. The lowest BCUT2D eigenvalue weighted by atomic mass is 10.1. The second kappa shape index (κ2) is 9.63. The first-order valence-electron chi connectivity index (χ1n) is 9.74. The zero-order valence-electron chi connectivity index (χ0n) is 17.2. The van der Waals surface area contributed by atoms with Gasteiger partial charge in [0.05, 0.1) is 22.8 Å². The summed E-state index contributed by atoms with van der Waals surface area (Å²) in [4.78, 5) is 30.8. The van der Waals surface area contributed by atoms with E-state index in [2.05, 4.69) is 18.8 Å². The monoisotopic (exact) mass is 424 g/mol. The Balaban J connectivity index is 1.91. The second-order valence-electron chi connectivity index (χ2n) is 7.15. The summed E-state index contributed by atoms with van der Waals surface area (Å²) in [5, 5.41) is 9.71. The Kier molecular flexibility index (Phi) is 6.95. The molecule has 156 valence electrons. The number of amidine groups is 1. The van der Waals surface area contributed by atoms with Crippen molar-refractivity contribution >= 4 is 40.6 Å².